The quantitative estimate of drug-likeness (QED) is 0.781. The highest BCUT2D eigenvalue weighted by molar-refractivity contribution is 5.75. The molecule has 0 bridgehead atoms. The number of amides is 1. The zero-order valence-corrected chi connectivity index (χ0v) is 14.0. The number of nitrogens with zero attached hydrogens (tertiary/aromatic N) is 2. The van der Waals surface area contributed by atoms with Gasteiger partial charge in [-0.15, -0.1) is 0 Å². The van der Waals surface area contributed by atoms with E-state index in [1.54, 1.807) is 0 Å². The van der Waals surface area contributed by atoms with Crippen molar-refractivity contribution in [1.29, 1.82) is 0 Å². The molecule has 2 heterocycles. The predicted molar refractivity (Wildman–Crippen MR) is 85.3 cm³/mol. The van der Waals surface area contributed by atoms with Crippen molar-refractivity contribution in [3.8, 4) is 0 Å². The van der Waals surface area contributed by atoms with Gasteiger partial charge in [0.2, 0.25) is 5.91 Å². The average molecular weight is 296 g/mol. The third-order valence-electron chi connectivity index (χ3n) is 4.64. The zero-order valence-electron chi connectivity index (χ0n) is 14.0. The van der Waals surface area contributed by atoms with E-state index in [2.05, 4.69) is 18.7 Å². The maximum absolute atomic E-state index is 11.7. The fourth-order valence-electron chi connectivity index (χ4n) is 3.48. The third-order valence-corrected chi connectivity index (χ3v) is 4.64. The summed E-state index contributed by atoms with van der Waals surface area (Å²) in [6.07, 6.45) is 5.79. The molecule has 2 aliphatic heterocycles. The second kappa shape index (κ2) is 8.14. The summed E-state index contributed by atoms with van der Waals surface area (Å²) in [5, 5.41) is 0. The van der Waals surface area contributed by atoms with Gasteiger partial charge in [-0.05, 0) is 31.6 Å². The van der Waals surface area contributed by atoms with E-state index in [1.807, 2.05) is 11.8 Å². The summed E-state index contributed by atoms with van der Waals surface area (Å²) < 4.78 is 6.28. The van der Waals surface area contributed by atoms with E-state index < -0.39 is 0 Å². The summed E-state index contributed by atoms with van der Waals surface area (Å²) in [4.78, 5) is 16.2. The van der Waals surface area contributed by atoms with Crippen molar-refractivity contribution < 1.29 is 9.53 Å². The second-order valence-corrected chi connectivity index (χ2v) is 6.96. The van der Waals surface area contributed by atoms with Crippen LogP contribution in [0.1, 0.15) is 52.9 Å². The van der Waals surface area contributed by atoms with Crippen molar-refractivity contribution in [1.82, 2.24) is 9.80 Å². The van der Waals surface area contributed by atoms with E-state index in [9.17, 15) is 4.79 Å². The van der Waals surface area contributed by atoms with Gasteiger partial charge in [-0.25, -0.2) is 0 Å². The molecule has 122 valence electrons. The first-order valence-electron chi connectivity index (χ1n) is 8.74. The van der Waals surface area contributed by atoms with Gasteiger partial charge in [0.15, 0.2) is 0 Å². The molecule has 0 aromatic rings. The maximum Gasteiger partial charge on any atom is 0.222 e. The lowest BCUT2D eigenvalue weighted by Gasteiger charge is -2.37. The number of rotatable bonds is 5. The van der Waals surface area contributed by atoms with Crippen LogP contribution in [0.2, 0.25) is 0 Å². The topological polar surface area (TPSA) is 32.8 Å². The van der Waals surface area contributed by atoms with Gasteiger partial charge >= 0.3 is 0 Å². The van der Waals surface area contributed by atoms with E-state index in [4.69, 9.17) is 4.74 Å². The Labute approximate surface area is 129 Å². The van der Waals surface area contributed by atoms with Crippen molar-refractivity contribution in [2.75, 3.05) is 32.7 Å². The van der Waals surface area contributed by atoms with Crippen LogP contribution in [-0.2, 0) is 9.53 Å². The fraction of sp³-hybridized carbons (Fsp3) is 0.941. The number of piperidine rings is 2. The van der Waals surface area contributed by atoms with Gasteiger partial charge in [0, 0.05) is 39.1 Å². The molecule has 0 radical (unpaired) electrons. The van der Waals surface area contributed by atoms with Gasteiger partial charge in [0.25, 0.3) is 0 Å². The molecule has 4 heteroatoms. The second-order valence-electron chi connectivity index (χ2n) is 6.96. The first kappa shape index (κ1) is 16.8. The van der Waals surface area contributed by atoms with Crippen LogP contribution >= 0.6 is 0 Å². The molecule has 0 aromatic heterocycles. The molecule has 0 aliphatic carbocycles. The standard InChI is InChI=1S/C17H32N2O2/c1-4-17(20)19-11-7-16(8-12-19)21-15-5-9-18(10-6-15)13-14(2)3/h14-16H,4-13H2,1-3H3. The summed E-state index contributed by atoms with van der Waals surface area (Å²) in [5.41, 5.74) is 0. The van der Waals surface area contributed by atoms with Crippen LogP contribution in [0.3, 0.4) is 0 Å². The predicted octanol–water partition coefficient (Wildman–Crippen LogP) is 2.52. The minimum absolute atomic E-state index is 0.287. The molecule has 0 N–H and O–H groups in total. The van der Waals surface area contributed by atoms with E-state index in [-0.39, 0.29) is 5.91 Å². The molecule has 0 aromatic carbocycles. The van der Waals surface area contributed by atoms with Gasteiger partial charge in [0.05, 0.1) is 12.2 Å². The van der Waals surface area contributed by atoms with Gasteiger partial charge in [-0.2, -0.15) is 0 Å². The molecular formula is C17H32N2O2. The monoisotopic (exact) mass is 296 g/mol. The Bertz CT molecular complexity index is 317. The zero-order chi connectivity index (χ0) is 15.2. The lowest BCUT2D eigenvalue weighted by Crippen LogP contribution is -2.44. The summed E-state index contributed by atoms with van der Waals surface area (Å²) >= 11 is 0. The van der Waals surface area contributed by atoms with E-state index in [0.717, 1.165) is 31.8 Å². The lowest BCUT2D eigenvalue weighted by atomic mass is 10.0. The molecule has 0 unspecified atom stereocenters. The summed E-state index contributed by atoms with van der Waals surface area (Å²) in [7, 11) is 0. The molecule has 0 atom stereocenters. The molecule has 2 saturated heterocycles. The molecule has 4 nitrogen and oxygen atoms in total. The third kappa shape index (κ3) is 5.26. The Balaban J connectivity index is 1.65. The van der Waals surface area contributed by atoms with Crippen LogP contribution in [0.15, 0.2) is 0 Å². The summed E-state index contributed by atoms with van der Waals surface area (Å²) in [6.45, 7) is 11.8. The van der Waals surface area contributed by atoms with E-state index in [1.165, 1.54) is 32.5 Å². The molecule has 2 aliphatic rings. The molecule has 21 heavy (non-hydrogen) atoms. The normalized spacial score (nSPS) is 23.0. The van der Waals surface area contributed by atoms with Crippen LogP contribution in [0.25, 0.3) is 0 Å². The highest BCUT2D eigenvalue weighted by Crippen LogP contribution is 2.21. The van der Waals surface area contributed by atoms with Gasteiger partial charge in [0.1, 0.15) is 0 Å². The van der Waals surface area contributed by atoms with Gasteiger partial charge in [-0.1, -0.05) is 20.8 Å². The smallest absolute Gasteiger partial charge is 0.222 e. The number of ether oxygens (including phenoxy) is 1. The Morgan fingerprint density at radius 1 is 1.05 bits per heavy atom. The minimum atomic E-state index is 0.287. The number of likely N-dealkylation sites (tertiary alicyclic amines) is 2. The van der Waals surface area contributed by atoms with Crippen LogP contribution in [0, 0.1) is 5.92 Å². The highest BCUT2D eigenvalue weighted by Gasteiger charge is 2.27. The Hall–Kier alpha value is -0.610. The lowest BCUT2D eigenvalue weighted by molar-refractivity contribution is -0.134. The molecule has 1 amide bonds. The molecule has 0 spiro atoms. The fourth-order valence-corrected chi connectivity index (χ4v) is 3.48. The summed E-state index contributed by atoms with van der Waals surface area (Å²) in [6, 6.07) is 0. The van der Waals surface area contributed by atoms with E-state index >= 15 is 0 Å². The molecule has 2 rings (SSSR count). The average Bonchev–Trinajstić information content (AvgIpc) is 2.49. The van der Waals surface area contributed by atoms with Crippen molar-refractivity contribution in [3.63, 3.8) is 0 Å². The van der Waals surface area contributed by atoms with E-state index in [0.29, 0.717) is 18.6 Å². The number of hydrogen-bond acceptors (Lipinski definition) is 3. The van der Waals surface area contributed by atoms with Crippen molar-refractivity contribution in [2.24, 2.45) is 5.92 Å². The number of hydrogen-bond donors (Lipinski definition) is 0. The molecule has 0 saturated carbocycles. The molecular weight excluding hydrogens is 264 g/mol. The Morgan fingerprint density at radius 2 is 1.57 bits per heavy atom. The SMILES string of the molecule is CCC(=O)N1CCC(OC2CCN(CC(C)C)CC2)CC1. The summed E-state index contributed by atoms with van der Waals surface area (Å²) in [5.74, 6) is 1.04. The van der Waals surface area contributed by atoms with Crippen LogP contribution in [0.5, 0.6) is 0 Å². The van der Waals surface area contributed by atoms with Gasteiger partial charge in [-0.3, -0.25) is 4.79 Å². The maximum atomic E-state index is 11.7. The van der Waals surface area contributed by atoms with Crippen LogP contribution in [0.4, 0.5) is 0 Å². The largest absolute Gasteiger partial charge is 0.375 e. The Kier molecular flexibility index (Phi) is 6.49. The highest BCUT2D eigenvalue weighted by atomic mass is 16.5. The van der Waals surface area contributed by atoms with Crippen LogP contribution in [-0.4, -0.2) is 60.6 Å². The van der Waals surface area contributed by atoms with Crippen molar-refractivity contribution >= 4 is 5.91 Å². The van der Waals surface area contributed by atoms with Crippen LogP contribution < -0.4 is 0 Å². The van der Waals surface area contributed by atoms with Crippen molar-refractivity contribution in [2.45, 2.75) is 65.1 Å². The first-order chi connectivity index (χ1) is 10.1. The number of carbonyl (C=O) groups is 1. The van der Waals surface area contributed by atoms with Gasteiger partial charge < -0.3 is 14.5 Å². The first-order valence-corrected chi connectivity index (χ1v) is 8.74. The number of carbonyl (C=O) groups excluding carboxylic acids is 1. The van der Waals surface area contributed by atoms with Crippen molar-refractivity contribution in [3.05, 3.63) is 0 Å². The molecule has 2 fully saturated rings. The Morgan fingerprint density at radius 3 is 2.05 bits per heavy atom. The minimum Gasteiger partial charge on any atom is -0.375 e.